The summed E-state index contributed by atoms with van der Waals surface area (Å²) in [5.41, 5.74) is 1.13. The molecule has 1 saturated heterocycles. The quantitative estimate of drug-likeness (QED) is 0.908. The lowest BCUT2D eigenvalue weighted by Gasteiger charge is -2.13. The fraction of sp³-hybridized carbons (Fsp3) is 0.500. The molecule has 1 fully saturated rings. The molecule has 1 aromatic rings. The number of hydrogen-bond acceptors (Lipinski definition) is 3. The summed E-state index contributed by atoms with van der Waals surface area (Å²) < 4.78 is 5.32. The van der Waals surface area contributed by atoms with Gasteiger partial charge in [-0.05, 0) is 12.0 Å². The summed E-state index contributed by atoms with van der Waals surface area (Å²) in [6.45, 7) is 5.15. The van der Waals surface area contributed by atoms with E-state index < -0.39 is 0 Å². The summed E-state index contributed by atoms with van der Waals surface area (Å²) in [7, 11) is 1.70. The van der Waals surface area contributed by atoms with Crippen LogP contribution in [0.1, 0.15) is 19.4 Å². The highest BCUT2D eigenvalue weighted by atomic mass is 32.2. The summed E-state index contributed by atoms with van der Waals surface area (Å²) in [6.07, 6.45) is 0. The molecule has 1 unspecified atom stereocenters. The molecule has 1 N–H and O–H groups in total. The molecule has 0 bridgehead atoms. The van der Waals surface area contributed by atoms with Crippen LogP contribution in [0.25, 0.3) is 0 Å². The third kappa shape index (κ3) is 3.19. The topological polar surface area (TPSA) is 33.6 Å². The van der Waals surface area contributed by atoms with Crippen molar-refractivity contribution >= 4 is 16.9 Å². The number of benzene rings is 1. The van der Waals surface area contributed by atoms with Crippen molar-refractivity contribution in [2.45, 2.75) is 26.4 Å². The number of rotatable bonds is 4. The van der Waals surface area contributed by atoms with Crippen molar-refractivity contribution in [2.24, 2.45) is 10.9 Å². The summed E-state index contributed by atoms with van der Waals surface area (Å²) in [6, 6.07) is 8.58. The molecule has 3 nitrogen and oxygen atoms in total. The highest BCUT2D eigenvalue weighted by Gasteiger charge is 2.22. The van der Waals surface area contributed by atoms with E-state index in [2.05, 4.69) is 30.2 Å². The number of ether oxygens (including phenoxy) is 1. The normalized spacial score (nSPS) is 21.3. The molecule has 1 atom stereocenters. The number of amidine groups is 1. The van der Waals surface area contributed by atoms with Crippen LogP contribution in [0.5, 0.6) is 5.75 Å². The molecule has 0 saturated carbocycles. The maximum atomic E-state index is 5.32. The van der Waals surface area contributed by atoms with E-state index in [1.54, 1.807) is 7.11 Å². The van der Waals surface area contributed by atoms with E-state index >= 15 is 0 Å². The third-order valence-electron chi connectivity index (χ3n) is 3.10. The van der Waals surface area contributed by atoms with Crippen LogP contribution in [-0.4, -0.2) is 24.1 Å². The Morgan fingerprint density at radius 3 is 2.89 bits per heavy atom. The predicted octanol–water partition coefficient (Wildman–Crippen LogP) is 2.91. The maximum absolute atomic E-state index is 5.32. The van der Waals surface area contributed by atoms with Crippen LogP contribution in [0.15, 0.2) is 29.3 Å². The number of nitrogens with one attached hydrogen (secondary N) is 1. The minimum atomic E-state index is 0.548. The number of para-hydroxylation sites is 1. The van der Waals surface area contributed by atoms with Gasteiger partial charge in [0.2, 0.25) is 0 Å². The second-order valence-corrected chi connectivity index (χ2v) is 5.75. The Bertz CT molecular complexity index is 432. The molecule has 18 heavy (non-hydrogen) atoms. The Labute approximate surface area is 113 Å². The van der Waals surface area contributed by atoms with Crippen molar-refractivity contribution in [1.29, 1.82) is 0 Å². The van der Waals surface area contributed by atoms with E-state index in [9.17, 15) is 0 Å². The van der Waals surface area contributed by atoms with E-state index in [0.29, 0.717) is 18.5 Å². The zero-order valence-corrected chi connectivity index (χ0v) is 12.0. The van der Waals surface area contributed by atoms with Crippen LogP contribution in [0.4, 0.5) is 0 Å². The lowest BCUT2D eigenvalue weighted by Crippen LogP contribution is -2.31. The molecule has 0 aromatic heterocycles. The molecule has 2 rings (SSSR count). The number of aliphatic imine (C=N–C) groups is 1. The van der Waals surface area contributed by atoms with Gasteiger partial charge in [0, 0.05) is 17.4 Å². The molecular formula is C14H20N2OS. The van der Waals surface area contributed by atoms with Crippen molar-refractivity contribution in [3.05, 3.63) is 29.8 Å². The molecule has 1 aliphatic rings. The minimum Gasteiger partial charge on any atom is -0.496 e. The lowest BCUT2D eigenvalue weighted by molar-refractivity contribution is 0.410. The van der Waals surface area contributed by atoms with Gasteiger partial charge in [-0.2, -0.15) is 0 Å². The number of hydrogen-bond donors (Lipinski definition) is 1. The number of methoxy groups -OCH3 is 1. The van der Waals surface area contributed by atoms with Gasteiger partial charge in [0.1, 0.15) is 5.75 Å². The zero-order valence-electron chi connectivity index (χ0n) is 11.1. The molecule has 4 heteroatoms. The maximum Gasteiger partial charge on any atom is 0.157 e. The van der Waals surface area contributed by atoms with Gasteiger partial charge in [-0.1, -0.05) is 43.8 Å². The SMILES string of the molecule is COc1ccccc1CN=C1NC(C(C)C)CS1. The van der Waals surface area contributed by atoms with E-state index in [1.807, 2.05) is 30.0 Å². The number of thioether (sulfide) groups is 1. The van der Waals surface area contributed by atoms with Crippen LogP contribution >= 0.6 is 11.8 Å². The average Bonchev–Trinajstić information content (AvgIpc) is 2.85. The molecule has 98 valence electrons. The van der Waals surface area contributed by atoms with Crippen LogP contribution < -0.4 is 10.1 Å². The summed E-state index contributed by atoms with van der Waals surface area (Å²) in [5.74, 6) is 2.67. The molecule has 1 heterocycles. The molecule has 1 aliphatic heterocycles. The van der Waals surface area contributed by atoms with E-state index in [4.69, 9.17) is 4.74 Å². The standard InChI is InChI=1S/C14H20N2OS/c1-10(2)12-9-18-14(16-12)15-8-11-6-4-5-7-13(11)17-3/h4-7,10,12H,8-9H2,1-3H3,(H,15,16). The smallest absolute Gasteiger partial charge is 0.157 e. The van der Waals surface area contributed by atoms with Crippen LogP contribution in [0, 0.1) is 5.92 Å². The Morgan fingerprint density at radius 1 is 1.44 bits per heavy atom. The van der Waals surface area contributed by atoms with Gasteiger partial charge in [-0.25, -0.2) is 0 Å². The average molecular weight is 264 g/mol. The first-order valence-electron chi connectivity index (χ1n) is 6.26. The Morgan fingerprint density at radius 2 is 2.22 bits per heavy atom. The molecular weight excluding hydrogens is 244 g/mol. The van der Waals surface area contributed by atoms with E-state index in [1.165, 1.54) is 0 Å². The second-order valence-electron chi connectivity index (χ2n) is 4.74. The highest BCUT2D eigenvalue weighted by Crippen LogP contribution is 2.22. The summed E-state index contributed by atoms with van der Waals surface area (Å²) in [4.78, 5) is 4.62. The van der Waals surface area contributed by atoms with Gasteiger partial charge >= 0.3 is 0 Å². The zero-order chi connectivity index (χ0) is 13.0. The van der Waals surface area contributed by atoms with E-state index in [0.717, 1.165) is 22.2 Å². The van der Waals surface area contributed by atoms with Gasteiger partial charge in [0.25, 0.3) is 0 Å². The van der Waals surface area contributed by atoms with Crippen molar-refractivity contribution < 1.29 is 4.74 Å². The van der Waals surface area contributed by atoms with Crippen molar-refractivity contribution in [3.63, 3.8) is 0 Å². The third-order valence-corrected chi connectivity index (χ3v) is 4.14. The Balaban J connectivity index is 1.99. The fourth-order valence-corrected chi connectivity index (χ4v) is 3.05. The lowest BCUT2D eigenvalue weighted by atomic mass is 10.1. The summed E-state index contributed by atoms with van der Waals surface area (Å²) in [5, 5.41) is 4.53. The second kappa shape index (κ2) is 6.14. The van der Waals surface area contributed by atoms with Gasteiger partial charge in [0.15, 0.2) is 5.17 Å². The molecule has 0 aliphatic carbocycles. The molecule has 0 spiro atoms. The number of nitrogens with zero attached hydrogens (tertiary/aromatic N) is 1. The molecule has 0 amide bonds. The first-order chi connectivity index (χ1) is 8.70. The molecule has 0 radical (unpaired) electrons. The Hall–Kier alpha value is -1.16. The minimum absolute atomic E-state index is 0.548. The van der Waals surface area contributed by atoms with Crippen LogP contribution in [0.3, 0.4) is 0 Å². The summed E-state index contributed by atoms with van der Waals surface area (Å²) >= 11 is 1.81. The fourth-order valence-electron chi connectivity index (χ4n) is 1.85. The first kappa shape index (κ1) is 13.3. The largest absolute Gasteiger partial charge is 0.496 e. The predicted molar refractivity (Wildman–Crippen MR) is 78.4 cm³/mol. The van der Waals surface area contributed by atoms with Crippen molar-refractivity contribution in [3.8, 4) is 5.75 Å². The monoisotopic (exact) mass is 264 g/mol. The van der Waals surface area contributed by atoms with Crippen LogP contribution in [-0.2, 0) is 6.54 Å². The van der Waals surface area contributed by atoms with Gasteiger partial charge in [-0.15, -0.1) is 0 Å². The van der Waals surface area contributed by atoms with Gasteiger partial charge < -0.3 is 10.1 Å². The van der Waals surface area contributed by atoms with Crippen molar-refractivity contribution in [2.75, 3.05) is 12.9 Å². The Kier molecular flexibility index (Phi) is 4.53. The highest BCUT2D eigenvalue weighted by molar-refractivity contribution is 8.14. The van der Waals surface area contributed by atoms with Crippen molar-refractivity contribution in [1.82, 2.24) is 5.32 Å². The van der Waals surface area contributed by atoms with E-state index in [-0.39, 0.29) is 0 Å². The van der Waals surface area contributed by atoms with Gasteiger partial charge in [-0.3, -0.25) is 4.99 Å². The van der Waals surface area contributed by atoms with Crippen LogP contribution in [0.2, 0.25) is 0 Å². The molecule has 1 aromatic carbocycles. The first-order valence-corrected chi connectivity index (χ1v) is 7.25. The van der Waals surface area contributed by atoms with Gasteiger partial charge in [0.05, 0.1) is 13.7 Å².